The summed E-state index contributed by atoms with van der Waals surface area (Å²) < 4.78 is 2.04. The molecule has 1 aromatic heterocycles. The van der Waals surface area contributed by atoms with Gasteiger partial charge in [0.2, 0.25) is 0 Å². The fourth-order valence-corrected chi connectivity index (χ4v) is 2.93. The van der Waals surface area contributed by atoms with Crippen molar-refractivity contribution < 1.29 is 0 Å². The molecule has 0 N–H and O–H groups in total. The van der Waals surface area contributed by atoms with E-state index in [9.17, 15) is 0 Å². The van der Waals surface area contributed by atoms with Gasteiger partial charge in [0.25, 0.3) is 0 Å². The van der Waals surface area contributed by atoms with Crippen LogP contribution in [0.5, 0.6) is 0 Å². The average Bonchev–Trinajstić information content (AvgIpc) is 3.08. The Kier molecular flexibility index (Phi) is 3.60. The standard InChI is InChI=1S/C15H20N4/c1-13-4-2-3-5-15(13)14-6-7-18(10-14)8-9-19-11-16-17-12-19/h2-5,11-12,14H,6-10H2,1H3. The van der Waals surface area contributed by atoms with Gasteiger partial charge >= 0.3 is 0 Å². The third-order valence-electron chi connectivity index (χ3n) is 4.04. The molecule has 2 aromatic rings. The van der Waals surface area contributed by atoms with Crippen molar-refractivity contribution in [3.63, 3.8) is 0 Å². The predicted octanol–water partition coefficient (Wildman–Crippen LogP) is 2.08. The van der Waals surface area contributed by atoms with Gasteiger partial charge in [0.15, 0.2) is 0 Å². The largest absolute Gasteiger partial charge is 0.319 e. The monoisotopic (exact) mass is 256 g/mol. The van der Waals surface area contributed by atoms with E-state index in [4.69, 9.17) is 0 Å². The number of aryl methyl sites for hydroxylation is 1. The Labute approximate surface area is 114 Å². The summed E-state index contributed by atoms with van der Waals surface area (Å²) in [5, 5.41) is 7.67. The second-order valence-corrected chi connectivity index (χ2v) is 5.34. The Hall–Kier alpha value is -1.68. The maximum Gasteiger partial charge on any atom is 0.119 e. The number of rotatable bonds is 4. The highest BCUT2D eigenvalue weighted by Crippen LogP contribution is 2.28. The minimum absolute atomic E-state index is 0.696. The Bertz CT molecular complexity index is 521. The van der Waals surface area contributed by atoms with E-state index in [-0.39, 0.29) is 0 Å². The van der Waals surface area contributed by atoms with E-state index in [1.165, 1.54) is 30.6 Å². The maximum absolute atomic E-state index is 3.84. The van der Waals surface area contributed by atoms with Gasteiger partial charge in [0.05, 0.1) is 0 Å². The molecule has 1 fully saturated rings. The molecule has 4 heteroatoms. The molecule has 4 nitrogen and oxygen atoms in total. The third kappa shape index (κ3) is 2.84. The molecule has 19 heavy (non-hydrogen) atoms. The summed E-state index contributed by atoms with van der Waals surface area (Å²) in [6, 6.07) is 8.78. The summed E-state index contributed by atoms with van der Waals surface area (Å²) in [5.41, 5.74) is 2.95. The lowest BCUT2D eigenvalue weighted by atomic mass is 9.94. The maximum atomic E-state index is 3.84. The lowest BCUT2D eigenvalue weighted by molar-refractivity contribution is 0.318. The Morgan fingerprint density at radius 3 is 2.74 bits per heavy atom. The van der Waals surface area contributed by atoms with Crippen LogP contribution in [-0.4, -0.2) is 39.3 Å². The van der Waals surface area contributed by atoms with Crippen molar-refractivity contribution in [2.75, 3.05) is 19.6 Å². The fourth-order valence-electron chi connectivity index (χ4n) is 2.93. The molecule has 1 saturated heterocycles. The van der Waals surface area contributed by atoms with Gasteiger partial charge in [-0.1, -0.05) is 24.3 Å². The van der Waals surface area contributed by atoms with Gasteiger partial charge in [0.1, 0.15) is 12.7 Å². The smallest absolute Gasteiger partial charge is 0.119 e. The van der Waals surface area contributed by atoms with Crippen molar-refractivity contribution >= 4 is 0 Å². The van der Waals surface area contributed by atoms with Gasteiger partial charge in [-0.2, -0.15) is 0 Å². The minimum Gasteiger partial charge on any atom is -0.319 e. The zero-order valence-electron chi connectivity index (χ0n) is 11.4. The predicted molar refractivity (Wildman–Crippen MR) is 75.0 cm³/mol. The molecule has 1 aliphatic rings. The molecule has 0 spiro atoms. The van der Waals surface area contributed by atoms with Crippen LogP contribution in [0.25, 0.3) is 0 Å². The Morgan fingerprint density at radius 2 is 1.95 bits per heavy atom. The summed E-state index contributed by atoms with van der Waals surface area (Å²) in [6.07, 6.45) is 4.84. The molecule has 0 aliphatic carbocycles. The second-order valence-electron chi connectivity index (χ2n) is 5.34. The van der Waals surface area contributed by atoms with Crippen LogP contribution in [0.4, 0.5) is 0 Å². The summed E-state index contributed by atoms with van der Waals surface area (Å²) in [4.78, 5) is 2.54. The van der Waals surface area contributed by atoms with Crippen LogP contribution >= 0.6 is 0 Å². The Balaban J connectivity index is 1.57. The highest BCUT2D eigenvalue weighted by molar-refractivity contribution is 5.30. The van der Waals surface area contributed by atoms with Crippen LogP contribution in [0.15, 0.2) is 36.9 Å². The molecule has 0 bridgehead atoms. The van der Waals surface area contributed by atoms with Crippen LogP contribution in [0, 0.1) is 6.92 Å². The van der Waals surface area contributed by atoms with Crippen molar-refractivity contribution in [1.29, 1.82) is 0 Å². The first-order valence-electron chi connectivity index (χ1n) is 6.93. The highest BCUT2D eigenvalue weighted by atomic mass is 15.2. The van der Waals surface area contributed by atoms with Crippen LogP contribution in [0.1, 0.15) is 23.5 Å². The van der Waals surface area contributed by atoms with E-state index in [1.807, 2.05) is 4.57 Å². The van der Waals surface area contributed by atoms with Gasteiger partial charge in [-0.15, -0.1) is 10.2 Å². The van der Waals surface area contributed by atoms with E-state index < -0.39 is 0 Å². The lowest BCUT2D eigenvalue weighted by Gasteiger charge is -2.17. The molecule has 0 saturated carbocycles. The number of aromatic nitrogens is 3. The minimum atomic E-state index is 0.696. The molecule has 0 amide bonds. The van der Waals surface area contributed by atoms with Gasteiger partial charge in [-0.3, -0.25) is 0 Å². The van der Waals surface area contributed by atoms with E-state index in [0.717, 1.165) is 13.1 Å². The van der Waals surface area contributed by atoms with E-state index in [2.05, 4.69) is 46.3 Å². The first kappa shape index (κ1) is 12.4. The molecule has 3 rings (SSSR count). The van der Waals surface area contributed by atoms with E-state index >= 15 is 0 Å². The molecule has 2 heterocycles. The molecular formula is C15H20N4. The molecular weight excluding hydrogens is 236 g/mol. The summed E-state index contributed by atoms with van der Waals surface area (Å²) in [6.45, 7) is 6.65. The zero-order valence-corrected chi connectivity index (χ0v) is 11.4. The van der Waals surface area contributed by atoms with Crippen molar-refractivity contribution in [3.05, 3.63) is 48.0 Å². The second kappa shape index (κ2) is 5.53. The summed E-state index contributed by atoms with van der Waals surface area (Å²) in [7, 11) is 0. The molecule has 1 aromatic carbocycles. The highest BCUT2D eigenvalue weighted by Gasteiger charge is 2.24. The molecule has 1 unspecified atom stereocenters. The number of hydrogen-bond donors (Lipinski definition) is 0. The van der Waals surface area contributed by atoms with Gasteiger partial charge in [0, 0.05) is 19.6 Å². The number of nitrogens with zero attached hydrogens (tertiary/aromatic N) is 4. The van der Waals surface area contributed by atoms with Crippen molar-refractivity contribution in [1.82, 2.24) is 19.7 Å². The molecule has 100 valence electrons. The number of benzene rings is 1. The number of hydrogen-bond acceptors (Lipinski definition) is 3. The summed E-state index contributed by atoms with van der Waals surface area (Å²) >= 11 is 0. The van der Waals surface area contributed by atoms with E-state index in [1.54, 1.807) is 12.7 Å². The number of likely N-dealkylation sites (tertiary alicyclic amines) is 1. The topological polar surface area (TPSA) is 34.0 Å². The molecule has 1 atom stereocenters. The Morgan fingerprint density at radius 1 is 1.16 bits per heavy atom. The van der Waals surface area contributed by atoms with Gasteiger partial charge in [-0.05, 0) is 36.9 Å². The lowest BCUT2D eigenvalue weighted by Crippen LogP contribution is -2.24. The van der Waals surface area contributed by atoms with Crippen LogP contribution < -0.4 is 0 Å². The average molecular weight is 256 g/mol. The van der Waals surface area contributed by atoms with Crippen molar-refractivity contribution in [2.45, 2.75) is 25.8 Å². The zero-order chi connectivity index (χ0) is 13.1. The first-order chi connectivity index (χ1) is 9.33. The molecule has 1 aliphatic heterocycles. The van der Waals surface area contributed by atoms with Crippen molar-refractivity contribution in [2.24, 2.45) is 0 Å². The van der Waals surface area contributed by atoms with E-state index in [0.29, 0.717) is 5.92 Å². The van der Waals surface area contributed by atoms with Crippen LogP contribution in [0.3, 0.4) is 0 Å². The SMILES string of the molecule is Cc1ccccc1C1CCN(CCn2cnnc2)C1. The van der Waals surface area contributed by atoms with Crippen LogP contribution in [-0.2, 0) is 6.54 Å². The van der Waals surface area contributed by atoms with Crippen LogP contribution in [0.2, 0.25) is 0 Å². The molecule has 0 radical (unpaired) electrons. The quantitative estimate of drug-likeness (QED) is 0.840. The van der Waals surface area contributed by atoms with Gasteiger partial charge < -0.3 is 9.47 Å². The normalized spacial score (nSPS) is 19.9. The summed E-state index contributed by atoms with van der Waals surface area (Å²) in [5.74, 6) is 0.696. The first-order valence-corrected chi connectivity index (χ1v) is 6.93. The third-order valence-corrected chi connectivity index (χ3v) is 4.04. The van der Waals surface area contributed by atoms with Crippen molar-refractivity contribution in [3.8, 4) is 0 Å². The van der Waals surface area contributed by atoms with Gasteiger partial charge in [-0.25, -0.2) is 0 Å². The fraction of sp³-hybridized carbons (Fsp3) is 0.467.